The van der Waals surface area contributed by atoms with Gasteiger partial charge in [-0.25, -0.2) is 0 Å². The van der Waals surface area contributed by atoms with E-state index < -0.39 is 6.10 Å². The zero-order valence-electron chi connectivity index (χ0n) is 12.8. The van der Waals surface area contributed by atoms with Gasteiger partial charge in [0, 0.05) is 19.2 Å². The van der Waals surface area contributed by atoms with E-state index in [1.165, 1.54) is 5.56 Å². The van der Waals surface area contributed by atoms with Gasteiger partial charge in [0.05, 0.1) is 12.7 Å². The molecule has 1 atom stereocenters. The van der Waals surface area contributed by atoms with Crippen LogP contribution in [0.2, 0.25) is 0 Å². The van der Waals surface area contributed by atoms with Gasteiger partial charge >= 0.3 is 0 Å². The van der Waals surface area contributed by atoms with Crippen LogP contribution in [0.5, 0.6) is 0 Å². The molecule has 20 heavy (non-hydrogen) atoms. The van der Waals surface area contributed by atoms with Crippen molar-refractivity contribution in [2.45, 2.75) is 38.7 Å². The van der Waals surface area contributed by atoms with Gasteiger partial charge in [0.1, 0.15) is 0 Å². The van der Waals surface area contributed by atoms with Gasteiger partial charge in [-0.15, -0.1) is 0 Å². The molecule has 2 N–H and O–H groups in total. The minimum atomic E-state index is -0.538. The second-order valence-electron chi connectivity index (χ2n) is 5.98. The van der Waals surface area contributed by atoms with Crippen LogP contribution in [0.3, 0.4) is 0 Å². The van der Waals surface area contributed by atoms with Gasteiger partial charge in [-0.2, -0.15) is 0 Å². The largest absolute Gasteiger partial charge is 0.391 e. The number of aliphatic hydroxyl groups is 1. The van der Waals surface area contributed by atoms with Crippen molar-refractivity contribution >= 4 is 5.91 Å². The van der Waals surface area contributed by atoms with Crippen LogP contribution < -0.4 is 5.32 Å². The summed E-state index contributed by atoms with van der Waals surface area (Å²) in [6, 6.07) is 7.63. The van der Waals surface area contributed by atoms with Gasteiger partial charge in [-0.05, 0) is 29.5 Å². The van der Waals surface area contributed by atoms with Crippen LogP contribution in [0.15, 0.2) is 24.3 Å². The molecule has 0 aliphatic rings. The second kappa shape index (κ2) is 7.41. The molecule has 1 amide bonds. The van der Waals surface area contributed by atoms with Gasteiger partial charge < -0.3 is 15.2 Å². The van der Waals surface area contributed by atoms with E-state index in [2.05, 4.69) is 26.1 Å². The summed E-state index contributed by atoms with van der Waals surface area (Å²) in [5.41, 5.74) is 1.92. The first kappa shape index (κ1) is 16.7. The summed E-state index contributed by atoms with van der Waals surface area (Å²) in [5, 5.41) is 12.3. The van der Waals surface area contributed by atoms with E-state index in [1.807, 2.05) is 24.3 Å². The number of methoxy groups -OCH3 is 1. The molecule has 0 aliphatic carbocycles. The molecule has 0 saturated carbocycles. The van der Waals surface area contributed by atoms with Crippen molar-refractivity contribution < 1.29 is 14.6 Å². The minimum Gasteiger partial charge on any atom is -0.391 e. The van der Waals surface area contributed by atoms with Crippen LogP contribution in [0.1, 0.15) is 43.1 Å². The Bertz CT molecular complexity index is 420. The van der Waals surface area contributed by atoms with Crippen LogP contribution in [-0.2, 0) is 10.2 Å². The molecule has 0 saturated heterocycles. The molecule has 0 bridgehead atoms. The highest BCUT2D eigenvalue weighted by molar-refractivity contribution is 5.94. The molecular weight excluding hydrogens is 254 g/mol. The monoisotopic (exact) mass is 279 g/mol. The lowest BCUT2D eigenvalue weighted by Gasteiger charge is -2.19. The van der Waals surface area contributed by atoms with Crippen molar-refractivity contribution in [3.05, 3.63) is 35.4 Å². The standard InChI is InChI=1S/C16H25NO3/c1-16(2,3)13-7-5-12(6-8-13)15(19)17-10-9-14(18)11-20-4/h5-8,14,18H,9-11H2,1-4H3,(H,17,19). The van der Waals surface area contributed by atoms with Gasteiger partial charge in [-0.3, -0.25) is 4.79 Å². The summed E-state index contributed by atoms with van der Waals surface area (Å²) >= 11 is 0. The van der Waals surface area contributed by atoms with E-state index in [4.69, 9.17) is 4.74 Å². The molecular formula is C16H25NO3. The molecule has 112 valence electrons. The number of amides is 1. The van der Waals surface area contributed by atoms with E-state index in [-0.39, 0.29) is 17.9 Å². The minimum absolute atomic E-state index is 0.0826. The Kier molecular flexibility index (Phi) is 6.17. The zero-order valence-corrected chi connectivity index (χ0v) is 12.8. The highest BCUT2D eigenvalue weighted by Gasteiger charge is 2.14. The third-order valence-corrected chi connectivity index (χ3v) is 3.14. The van der Waals surface area contributed by atoms with E-state index >= 15 is 0 Å². The van der Waals surface area contributed by atoms with Crippen molar-refractivity contribution in [3.8, 4) is 0 Å². The molecule has 4 heteroatoms. The van der Waals surface area contributed by atoms with Crippen LogP contribution in [-0.4, -0.2) is 37.4 Å². The maximum atomic E-state index is 11.9. The molecule has 1 aromatic carbocycles. The Morgan fingerprint density at radius 1 is 1.30 bits per heavy atom. The maximum absolute atomic E-state index is 11.9. The van der Waals surface area contributed by atoms with Crippen LogP contribution in [0.4, 0.5) is 0 Å². The van der Waals surface area contributed by atoms with Gasteiger partial charge in [0.15, 0.2) is 0 Å². The molecule has 0 radical (unpaired) electrons. The molecule has 1 rings (SSSR count). The fraction of sp³-hybridized carbons (Fsp3) is 0.562. The lowest BCUT2D eigenvalue weighted by Crippen LogP contribution is -2.28. The van der Waals surface area contributed by atoms with Crippen molar-refractivity contribution in [2.75, 3.05) is 20.3 Å². The Balaban J connectivity index is 2.48. The smallest absolute Gasteiger partial charge is 0.251 e. The van der Waals surface area contributed by atoms with E-state index in [1.54, 1.807) is 7.11 Å². The lowest BCUT2D eigenvalue weighted by atomic mass is 9.87. The fourth-order valence-electron chi connectivity index (χ4n) is 1.85. The Morgan fingerprint density at radius 3 is 2.40 bits per heavy atom. The Hall–Kier alpha value is -1.39. The predicted molar refractivity (Wildman–Crippen MR) is 80.0 cm³/mol. The number of hydrogen-bond acceptors (Lipinski definition) is 3. The predicted octanol–water partition coefficient (Wildman–Crippen LogP) is 2.11. The molecule has 0 heterocycles. The van der Waals surface area contributed by atoms with E-state index in [0.29, 0.717) is 18.5 Å². The summed E-state index contributed by atoms with van der Waals surface area (Å²) in [5.74, 6) is -0.116. The number of rotatable bonds is 6. The van der Waals surface area contributed by atoms with Crippen molar-refractivity contribution in [1.82, 2.24) is 5.32 Å². The first-order valence-corrected chi connectivity index (χ1v) is 6.90. The first-order valence-electron chi connectivity index (χ1n) is 6.90. The summed E-state index contributed by atoms with van der Waals surface area (Å²) in [6.07, 6.45) is -0.0526. The van der Waals surface area contributed by atoms with Crippen LogP contribution in [0.25, 0.3) is 0 Å². The SMILES string of the molecule is COCC(O)CCNC(=O)c1ccc(C(C)(C)C)cc1. The zero-order chi connectivity index (χ0) is 15.2. The Morgan fingerprint density at radius 2 is 1.90 bits per heavy atom. The highest BCUT2D eigenvalue weighted by atomic mass is 16.5. The van der Waals surface area contributed by atoms with Crippen molar-refractivity contribution in [1.29, 1.82) is 0 Å². The average molecular weight is 279 g/mol. The number of aliphatic hydroxyl groups excluding tert-OH is 1. The molecule has 0 aliphatic heterocycles. The number of nitrogens with one attached hydrogen (secondary N) is 1. The lowest BCUT2D eigenvalue weighted by molar-refractivity contribution is 0.0587. The summed E-state index contributed by atoms with van der Waals surface area (Å²) in [6.45, 7) is 7.14. The van der Waals surface area contributed by atoms with Gasteiger partial charge in [-0.1, -0.05) is 32.9 Å². The third kappa shape index (κ3) is 5.31. The topological polar surface area (TPSA) is 58.6 Å². The molecule has 0 spiro atoms. The second-order valence-corrected chi connectivity index (χ2v) is 5.98. The maximum Gasteiger partial charge on any atom is 0.251 e. The molecule has 1 aromatic rings. The Labute approximate surface area is 121 Å². The highest BCUT2D eigenvalue weighted by Crippen LogP contribution is 2.22. The van der Waals surface area contributed by atoms with E-state index in [0.717, 1.165) is 0 Å². The number of ether oxygens (including phenoxy) is 1. The summed E-state index contributed by atoms with van der Waals surface area (Å²) in [7, 11) is 1.54. The molecule has 0 aromatic heterocycles. The molecule has 4 nitrogen and oxygen atoms in total. The quantitative estimate of drug-likeness (QED) is 0.838. The number of carbonyl (C=O) groups is 1. The third-order valence-electron chi connectivity index (χ3n) is 3.14. The normalized spacial score (nSPS) is 13.1. The first-order chi connectivity index (χ1) is 9.34. The van der Waals surface area contributed by atoms with Crippen molar-refractivity contribution in [3.63, 3.8) is 0 Å². The van der Waals surface area contributed by atoms with Gasteiger partial charge in [0.25, 0.3) is 5.91 Å². The summed E-state index contributed by atoms with van der Waals surface area (Å²) < 4.78 is 4.83. The van der Waals surface area contributed by atoms with Gasteiger partial charge in [0.2, 0.25) is 0 Å². The van der Waals surface area contributed by atoms with Crippen LogP contribution in [0, 0.1) is 0 Å². The van der Waals surface area contributed by atoms with E-state index in [9.17, 15) is 9.90 Å². The van der Waals surface area contributed by atoms with Crippen molar-refractivity contribution in [2.24, 2.45) is 0 Å². The number of benzene rings is 1. The molecule has 0 fully saturated rings. The van der Waals surface area contributed by atoms with Crippen LogP contribution >= 0.6 is 0 Å². The average Bonchev–Trinajstić information content (AvgIpc) is 2.38. The number of carbonyl (C=O) groups excluding carboxylic acids is 1. The summed E-state index contributed by atoms with van der Waals surface area (Å²) in [4.78, 5) is 11.9. The fourth-order valence-corrected chi connectivity index (χ4v) is 1.85. The molecule has 1 unspecified atom stereocenters. The number of hydrogen-bond donors (Lipinski definition) is 2.